The topological polar surface area (TPSA) is 91.6 Å². The molecule has 1 N–H and O–H groups in total. The molecule has 3 aromatic rings. The number of carbonyl (C=O) groups is 1. The van der Waals surface area contributed by atoms with Gasteiger partial charge in [0.15, 0.2) is 0 Å². The number of halogens is 2. The van der Waals surface area contributed by atoms with Crippen LogP contribution in [0.2, 0.25) is 5.02 Å². The molecule has 8 nitrogen and oxygen atoms in total. The van der Waals surface area contributed by atoms with Crippen LogP contribution in [-0.2, 0) is 11.3 Å². The monoisotopic (exact) mass is 513 g/mol. The van der Waals surface area contributed by atoms with Crippen LogP contribution in [0.4, 0.5) is 10.2 Å². The summed E-state index contributed by atoms with van der Waals surface area (Å²) in [5.74, 6) is -0.385. The third-order valence-electron chi connectivity index (χ3n) is 6.10. The molecule has 4 rings (SSSR count). The minimum Gasteiger partial charge on any atom is -0.394 e. The molecule has 0 bridgehead atoms. The van der Waals surface area contributed by atoms with Crippen LogP contribution < -0.4 is 10.6 Å². The van der Waals surface area contributed by atoms with Gasteiger partial charge in [0.1, 0.15) is 17.3 Å². The third-order valence-corrected chi connectivity index (χ3v) is 6.39. The van der Waals surface area contributed by atoms with Gasteiger partial charge in [0.25, 0.3) is 0 Å². The van der Waals surface area contributed by atoms with Crippen molar-refractivity contribution < 1.29 is 14.3 Å². The van der Waals surface area contributed by atoms with Crippen molar-refractivity contribution in [1.29, 1.82) is 0 Å². The minimum atomic E-state index is -0.501. The molecule has 1 aromatic carbocycles. The number of anilines is 1. The summed E-state index contributed by atoms with van der Waals surface area (Å²) in [6.07, 6.45) is 1.22. The number of carbonyl (C=O) groups excluding carboxylic acids is 1. The van der Waals surface area contributed by atoms with E-state index in [1.54, 1.807) is 29.2 Å². The van der Waals surface area contributed by atoms with Gasteiger partial charge in [0.05, 0.1) is 28.8 Å². The molecule has 1 atom stereocenters. The number of fused-ring (bicyclic) bond motifs is 1. The average molecular weight is 514 g/mol. The summed E-state index contributed by atoms with van der Waals surface area (Å²) in [7, 11) is 0. The molecule has 1 saturated heterocycles. The number of aliphatic hydroxyl groups is 1. The SMILES string of the molecule is C=CC(=O)N1CCN(c2nc(=O)n(CC(C)(C)C)c3nc(-c4ccccc4F)c(Cl)cc23)C[C@@H]1CO. The Bertz CT molecular complexity index is 1380. The Morgan fingerprint density at radius 3 is 2.64 bits per heavy atom. The number of nitrogens with zero attached hydrogens (tertiary/aromatic N) is 5. The zero-order chi connectivity index (χ0) is 26.2. The van der Waals surface area contributed by atoms with Crippen molar-refractivity contribution in [2.24, 2.45) is 5.41 Å². The minimum absolute atomic E-state index is 0.218. The van der Waals surface area contributed by atoms with E-state index >= 15 is 0 Å². The van der Waals surface area contributed by atoms with E-state index in [2.05, 4.69) is 11.6 Å². The Morgan fingerprint density at radius 1 is 1.28 bits per heavy atom. The maximum atomic E-state index is 14.6. The van der Waals surface area contributed by atoms with E-state index in [0.717, 1.165) is 0 Å². The van der Waals surface area contributed by atoms with E-state index in [0.29, 0.717) is 36.5 Å². The molecule has 0 spiro atoms. The predicted molar refractivity (Wildman–Crippen MR) is 139 cm³/mol. The zero-order valence-electron chi connectivity index (χ0n) is 20.5. The van der Waals surface area contributed by atoms with Gasteiger partial charge in [-0.15, -0.1) is 0 Å². The number of aromatic nitrogens is 3. The zero-order valence-corrected chi connectivity index (χ0v) is 21.3. The summed E-state index contributed by atoms with van der Waals surface area (Å²) in [6.45, 7) is 10.5. The van der Waals surface area contributed by atoms with E-state index in [-0.39, 0.29) is 40.8 Å². The molecule has 0 radical (unpaired) electrons. The van der Waals surface area contributed by atoms with E-state index < -0.39 is 17.5 Å². The van der Waals surface area contributed by atoms with Crippen LogP contribution in [0.1, 0.15) is 20.8 Å². The van der Waals surface area contributed by atoms with Crippen molar-refractivity contribution in [2.45, 2.75) is 33.4 Å². The molecule has 10 heteroatoms. The highest BCUT2D eigenvalue weighted by Gasteiger charge is 2.31. The van der Waals surface area contributed by atoms with Gasteiger partial charge in [-0.3, -0.25) is 9.36 Å². The molecule has 0 unspecified atom stereocenters. The molecule has 1 aliphatic rings. The fourth-order valence-electron chi connectivity index (χ4n) is 4.46. The molecule has 1 fully saturated rings. The standard InChI is InChI=1S/C26H29ClFN5O3/c1-5-21(35)32-11-10-31(13-16(32)14-34)23-18-12-19(27)22(17-8-6-7-9-20(17)28)29-24(18)33(25(36)30-23)15-26(2,3)4/h5-9,12,16,34H,1,10-11,13-15H2,2-4H3/t16-/m1/s1. The Hall–Kier alpha value is -3.30. The highest BCUT2D eigenvalue weighted by atomic mass is 35.5. The summed E-state index contributed by atoms with van der Waals surface area (Å²) in [6, 6.07) is 7.35. The van der Waals surface area contributed by atoms with Crippen LogP contribution in [0.15, 0.2) is 47.8 Å². The molecule has 36 heavy (non-hydrogen) atoms. The number of rotatable bonds is 5. The summed E-state index contributed by atoms with van der Waals surface area (Å²) in [5.41, 5.74) is 0.0445. The lowest BCUT2D eigenvalue weighted by molar-refractivity contribution is -0.129. The number of amides is 1. The van der Waals surface area contributed by atoms with Crippen molar-refractivity contribution in [3.63, 3.8) is 0 Å². The normalized spacial score (nSPS) is 16.4. The smallest absolute Gasteiger partial charge is 0.351 e. The maximum Gasteiger partial charge on any atom is 0.351 e. The molecule has 2 aromatic heterocycles. The van der Waals surface area contributed by atoms with E-state index in [9.17, 15) is 19.1 Å². The highest BCUT2D eigenvalue weighted by Crippen LogP contribution is 2.34. The molecule has 0 aliphatic carbocycles. The number of hydrogen-bond acceptors (Lipinski definition) is 6. The van der Waals surface area contributed by atoms with Gasteiger partial charge in [-0.1, -0.05) is 51.1 Å². The first kappa shape index (κ1) is 25.8. The highest BCUT2D eigenvalue weighted by molar-refractivity contribution is 6.33. The number of benzene rings is 1. The Balaban J connectivity index is 1.91. The van der Waals surface area contributed by atoms with Crippen LogP contribution in [0.3, 0.4) is 0 Å². The number of hydrogen-bond donors (Lipinski definition) is 1. The van der Waals surface area contributed by atoms with Crippen molar-refractivity contribution in [2.75, 3.05) is 31.1 Å². The Labute approximate surface area is 213 Å². The van der Waals surface area contributed by atoms with Crippen molar-refractivity contribution in [3.05, 3.63) is 64.3 Å². The second-order valence-electron chi connectivity index (χ2n) is 10.1. The lowest BCUT2D eigenvalue weighted by atomic mass is 9.97. The average Bonchev–Trinajstić information content (AvgIpc) is 2.84. The molecular weight excluding hydrogens is 485 g/mol. The molecule has 1 aliphatic heterocycles. The van der Waals surface area contributed by atoms with Crippen molar-refractivity contribution in [1.82, 2.24) is 19.4 Å². The number of pyridine rings is 1. The molecule has 1 amide bonds. The van der Waals surface area contributed by atoms with Gasteiger partial charge in [-0.2, -0.15) is 4.98 Å². The Kier molecular flexibility index (Phi) is 7.15. The number of piperazine rings is 1. The van der Waals surface area contributed by atoms with Crippen LogP contribution in [-0.4, -0.2) is 62.7 Å². The van der Waals surface area contributed by atoms with Gasteiger partial charge in [-0.05, 0) is 29.7 Å². The van der Waals surface area contributed by atoms with Crippen LogP contribution in [0.25, 0.3) is 22.3 Å². The first-order valence-corrected chi connectivity index (χ1v) is 12.1. The summed E-state index contributed by atoms with van der Waals surface area (Å²) < 4.78 is 16.1. The lowest BCUT2D eigenvalue weighted by Gasteiger charge is -2.41. The number of aliphatic hydroxyl groups excluding tert-OH is 1. The van der Waals surface area contributed by atoms with Crippen molar-refractivity contribution >= 4 is 34.4 Å². The fourth-order valence-corrected chi connectivity index (χ4v) is 4.72. The second-order valence-corrected chi connectivity index (χ2v) is 10.5. The molecule has 0 saturated carbocycles. The second kappa shape index (κ2) is 9.99. The van der Waals surface area contributed by atoms with E-state index in [1.807, 2.05) is 25.7 Å². The summed E-state index contributed by atoms with van der Waals surface area (Å²) in [4.78, 5) is 38.0. The van der Waals surface area contributed by atoms with Crippen molar-refractivity contribution in [3.8, 4) is 11.3 Å². The van der Waals surface area contributed by atoms with E-state index in [4.69, 9.17) is 16.6 Å². The van der Waals surface area contributed by atoms with Crippen LogP contribution in [0, 0.1) is 11.2 Å². The molecule has 190 valence electrons. The first-order chi connectivity index (χ1) is 17.0. The predicted octanol–water partition coefficient (Wildman–Crippen LogP) is 3.49. The van der Waals surface area contributed by atoms with Crippen LogP contribution in [0.5, 0.6) is 0 Å². The lowest BCUT2D eigenvalue weighted by Crippen LogP contribution is -2.56. The van der Waals surface area contributed by atoms with Gasteiger partial charge >= 0.3 is 5.69 Å². The molecular formula is C26H29ClFN5O3. The fraction of sp³-hybridized carbons (Fsp3) is 0.385. The molecule has 3 heterocycles. The van der Waals surface area contributed by atoms with Gasteiger partial charge in [0.2, 0.25) is 5.91 Å². The quantitative estimate of drug-likeness (QED) is 0.525. The Morgan fingerprint density at radius 2 is 2.00 bits per heavy atom. The largest absolute Gasteiger partial charge is 0.394 e. The third kappa shape index (κ3) is 4.99. The maximum absolute atomic E-state index is 14.6. The van der Waals surface area contributed by atoms with E-state index in [1.165, 1.54) is 16.7 Å². The van der Waals surface area contributed by atoms with Gasteiger partial charge in [-0.25, -0.2) is 14.2 Å². The first-order valence-electron chi connectivity index (χ1n) is 11.7. The summed E-state index contributed by atoms with van der Waals surface area (Å²) in [5, 5.41) is 10.7. The van der Waals surface area contributed by atoms with Crippen LogP contribution >= 0.6 is 11.6 Å². The summed E-state index contributed by atoms with van der Waals surface area (Å²) >= 11 is 6.62. The van der Waals surface area contributed by atoms with Gasteiger partial charge in [0, 0.05) is 31.7 Å². The van der Waals surface area contributed by atoms with Gasteiger partial charge < -0.3 is 14.9 Å².